The third-order valence-corrected chi connectivity index (χ3v) is 6.08. The fourth-order valence-electron chi connectivity index (χ4n) is 4.41. The second-order valence-corrected chi connectivity index (χ2v) is 8.57. The van der Waals surface area contributed by atoms with Crippen LogP contribution in [0, 0.1) is 6.92 Å². The summed E-state index contributed by atoms with van der Waals surface area (Å²) in [4.78, 5) is 29.3. The van der Waals surface area contributed by atoms with E-state index in [0.29, 0.717) is 12.3 Å². The van der Waals surface area contributed by atoms with Crippen LogP contribution in [-0.2, 0) is 16.1 Å². The van der Waals surface area contributed by atoms with Crippen molar-refractivity contribution in [1.82, 2.24) is 10.2 Å². The third kappa shape index (κ3) is 5.25. The standard InChI is InChI=1S/C25H31N3O3/c1-18-6-5-7-20(16-18)17-27-13-10-21(11-14-27)26-24(29)12-15-28-22-8-3-4-9-23(22)31-19(2)25(28)30/h3-9,16,19,21H,10-15,17H2,1-2H3,(H,26,29). The van der Waals surface area contributed by atoms with Crippen molar-refractivity contribution in [2.24, 2.45) is 0 Å². The topological polar surface area (TPSA) is 61.9 Å². The zero-order chi connectivity index (χ0) is 21.8. The highest BCUT2D eigenvalue weighted by Gasteiger charge is 2.31. The maximum Gasteiger partial charge on any atom is 0.267 e. The Hall–Kier alpha value is -2.86. The van der Waals surface area contributed by atoms with Gasteiger partial charge in [-0.05, 0) is 44.4 Å². The minimum absolute atomic E-state index is 0.00144. The molecule has 31 heavy (non-hydrogen) atoms. The van der Waals surface area contributed by atoms with E-state index in [1.54, 1.807) is 11.8 Å². The number of carbonyl (C=O) groups excluding carboxylic acids is 2. The molecule has 0 bridgehead atoms. The summed E-state index contributed by atoms with van der Waals surface area (Å²) in [7, 11) is 0. The van der Waals surface area contributed by atoms with Crippen LogP contribution in [0.25, 0.3) is 0 Å². The summed E-state index contributed by atoms with van der Waals surface area (Å²) in [5.74, 6) is 0.591. The lowest BCUT2D eigenvalue weighted by Gasteiger charge is -2.34. The molecule has 6 nitrogen and oxygen atoms in total. The number of amides is 2. The number of para-hydroxylation sites is 2. The molecule has 6 heteroatoms. The van der Waals surface area contributed by atoms with Crippen molar-refractivity contribution in [3.63, 3.8) is 0 Å². The Kier molecular flexibility index (Phi) is 6.56. The van der Waals surface area contributed by atoms with Crippen LogP contribution in [-0.4, -0.2) is 48.5 Å². The lowest BCUT2D eigenvalue weighted by atomic mass is 10.0. The first-order chi connectivity index (χ1) is 15.0. The van der Waals surface area contributed by atoms with E-state index in [0.717, 1.165) is 38.2 Å². The largest absolute Gasteiger partial charge is 0.479 e. The van der Waals surface area contributed by atoms with Gasteiger partial charge >= 0.3 is 0 Å². The monoisotopic (exact) mass is 421 g/mol. The van der Waals surface area contributed by atoms with E-state index in [9.17, 15) is 9.59 Å². The first kappa shape index (κ1) is 21.4. The van der Waals surface area contributed by atoms with Crippen molar-refractivity contribution < 1.29 is 14.3 Å². The van der Waals surface area contributed by atoms with E-state index in [4.69, 9.17) is 4.74 Å². The number of anilines is 1. The van der Waals surface area contributed by atoms with Crippen LogP contribution in [0.4, 0.5) is 5.69 Å². The normalized spacial score (nSPS) is 19.6. The van der Waals surface area contributed by atoms with Crippen LogP contribution in [0.3, 0.4) is 0 Å². The minimum atomic E-state index is -0.532. The average molecular weight is 422 g/mol. The highest BCUT2D eigenvalue weighted by molar-refractivity contribution is 6.00. The van der Waals surface area contributed by atoms with Gasteiger partial charge in [0.05, 0.1) is 5.69 Å². The zero-order valence-electron chi connectivity index (χ0n) is 18.3. The van der Waals surface area contributed by atoms with Gasteiger partial charge in [-0.25, -0.2) is 0 Å². The molecule has 1 unspecified atom stereocenters. The van der Waals surface area contributed by atoms with Crippen molar-refractivity contribution in [2.75, 3.05) is 24.5 Å². The van der Waals surface area contributed by atoms with Crippen molar-refractivity contribution >= 4 is 17.5 Å². The number of hydrogen-bond acceptors (Lipinski definition) is 4. The Morgan fingerprint density at radius 1 is 1.13 bits per heavy atom. The summed E-state index contributed by atoms with van der Waals surface area (Å²) in [6.07, 6.45) is 1.66. The van der Waals surface area contributed by atoms with Gasteiger partial charge in [-0.3, -0.25) is 14.5 Å². The van der Waals surface area contributed by atoms with Gasteiger partial charge in [0, 0.05) is 38.6 Å². The number of likely N-dealkylation sites (tertiary alicyclic amines) is 1. The number of aryl methyl sites for hydroxylation is 1. The van der Waals surface area contributed by atoms with Crippen molar-refractivity contribution in [3.05, 3.63) is 59.7 Å². The average Bonchev–Trinajstić information content (AvgIpc) is 2.75. The van der Waals surface area contributed by atoms with Crippen LogP contribution in [0.1, 0.15) is 37.3 Å². The Bertz CT molecular complexity index is 937. The van der Waals surface area contributed by atoms with Crippen molar-refractivity contribution in [3.8, 4) is 5.75 Å². The molecule has 0 saturated carbocycles. The fourth-order valence-corrected chi connectivity index (χ4v) is 4.41. The molecular formula is C25H31N3O3. The molecule has 0 radical (unpaired) electrons. The van der Waals surface area contributed by atoms with Gasteiger partial charge in [0.2, 0.25) is 5.91 Å². The van der Waals surface area contributed by atoms with E-state index in [-0.39, 0.29) is 24.3 Å². The number of ether oxygens (including phenoxy) is 1. The van der Waals surface area contributed by atoms with Crippen LogP contribution in [0.15, 0.2) is 48.5 Å². The number of piperidine rings is 1. The molecule has 0 aromatic heterocycles. The zero-order valence-corrected chi connectivity index (χ0v) is 18.3. The van der Waals surface area contributed by atoms with E-state index in [2.05, 4.69) is 41.4 Å². The van der Waals surface area contributed by atoms with Gasteiger partial charge in [0.25, 0.3) is 5.91 Å². The molecule has 0 aliphatic carbocycles. The number of benzene rings is 2. The summed E-state index contributed by atoms with van der Waals surface area (Å²) < 4.78 is 5.67. The molecule has 1 fully saturated rings. The van der Waals surface area contributed by atoms with Gasteiger partial charge in [0.1, 0.15) is 5.75 Å². The second kappa shape index (κ2) is 9.52. The highest BCUT2D eigenvalue weighted by Crippen LogP contribution is 2.33. The SMILES string of the molecule is Cc1cccc(CN2CCC(NC(=O)CCN3C(=O)C(C)Oc4ccccc43)CC2)c1. The lowest BCUT2D eigenvalue weighted by molar-refractivity contribution is -0.125. The van der Waals surface area contributed by atoms with Gasteiger partial charge < -0.3 is 15.0 Å². The molecule has 2 aliphatic heterocycles. The Balaban J connectivity index is 1.24. The second-order valence-electron chi connectivity index (χ2n) is 8.57. The molecule has 0 spiro atoms. The summed E-state index contributed by atoms with van der Waals surface area (Å²) in [6, 6.07) is 16.3. The maximum atomic E-state index is 12.6. The fraction of sp³-hybridized carbons (Fsp3) is 0.440. The number of rotatable bonds is 6. The molecule has 2 aromatic rings. The van der Waals surface area contributed by atoms with Crippen LogP contribution < -0.4 is 15.0 Å². The first-order valence-corrected chi connectivity index (χ1v) is 11.1. The quantitative estimate of drug-likeness (QED) is 0.778. The summed E-state index contributed by atoms with van der Waals surface area (Å²) >= 11 is 0. The molecule has 1 saturated heterocycles. The maximum absolute atomic E-state index is 12.6. The summed E-state index contributed by atoms with van der Waals surface area (Å²) in [5, 5.41) is 3.17. The van der Waals surface area contributed by atoms with Crippen LogP contribution >= 0.6 is 0 Å². The molecule has 2 aliphatic rings. The Labute approximate surface area is 184 Å². The number of hydrogen-bond donors (Lipinski definition) is 1. The van der Waals surface area contributed by atoms with E-state index >= 15 is 0 Å². The minimum Gasteiger partial charge on any atom is -0.479 e. The number of fused-ring (bicyclic) bond motifs is 1. The highest BCUT2D eigenvalue weighted by atomic mass is 16.5. The van der Waals surface area contributed by atoms with E-state index in [1.165, 1.54) is 11.1 Å². The molecule has 4 rings (SSSR count). The first-order valence-electron chi connectivity index (χ1n) is 11.1. The molecule has 2 aromatic carbocycles. The van der Waals surface area contributed by atoms with Crippen LogP contribution in [0.2, 0.25) is 0 Å². The summed E-state index contributed by atoms with van der Waals surface area (Å²) in [6.45, 7) is 7.14. The van der Waals surface area contributed by atoms with E-state index < -0.39 is 6.10 Å². The molecule has 1 atom stereocenters. The van der Waals surface area contributed by atoms with Gasteiger partial charge in [0.15, 0.2) is 6.10 Å². The number of nitrogens with zero attached hydrogens (tertiary/aromatic N) is 2. The van der Waals surface area contributed by atoms with Gasteiger partial charge in [-0.2, -0.15) is 0 Å². The molecular weight excluding hydrogens is 390 g/mol. The lowest BCUT2D eigenvalue weighted by Crippen LogP contribution is -2.47. The molecule has 1 N–H and O–H groups in total. The number of nitrogens with one attached hydrogen (secondary N) is 1. The Morgan fingerprint density at radius 3 is 2.68 bits per heavy atom. The summed E-state index contributed by atoms with van der Waals surface area (Å²) in [5.41, 5.74) is 3.37. The van der Waals surface area contributed by atoms with E-state index in [1.807, 2.05) is 24.3 Å². The number of carbonyl (C=O) groups is 2. The third-order valence-electron chi connectivity index (χ3n) is 6.08. The Morgan fingerprint density at radius 2 is 1.90 bits per heavy atom. The van der Waals surface area contributed by atoms with Gasteiger partial charge in [-0.15, -0.1) is 0 Å². The van der Waals surface area contributed by atoms with Crippen molar-refractivity contribution in [2.45, 2.75) is 51.8 Å². The molecule has 164 valence electrons. The smallest absolute Gasteiger partial charge is 0.267 e. The molecule has 2 heterocycles. The van der Waals surface area contributed by atoms with Crippen LogP contribution in [0.5, 0.6) is 5.75 Å². The van der Waals surface area contributed by atoms with Gasteiger partial charge in [-0.1, -0.05) is 42.0 Å². The predicted octanol–water partition coefficient (Wildman–Crippen LogP) is 3.28. The van der Waals surface area contributed by atoms with Crippen molar-refractivity contribution in [1.29, 1.82) is 0 Å². The molecule has 2 amide bonds. The predicted molar refractivity (Wildman–Crippen MR) is 121 cm³/mol.